The molecule has 0 radical (unpaired) electrons. The van der Waals surface area contributed by atoms with Gasteiger partial charge in [0.25, 0.3) is 0 Å². The molecule has 0 saturated carbocycles. The standard InChI is InChI=1S/C8H15ClO2/c1-6(2)11-8(10)4-7(3)5-9/h6-7H,4-5H2,1-3H3. The van der Waals surface area contributed by atoms with E-state index in [4.69, 9.17) is 16.3 Å². The molecule has 2 nitrogen and oxygen atoms in total. The van der Waals surface area contributed by atoms with Crippen LogP contribution in [0.5, 0.6) is 0 Å². The Bertz CT molecular complexity index is 123. The average Bonchev–Trinajstić information content (AvgIpc) is 1.85. The van der Waals surface area contributed by atoms with Gasteiger partial charge in [-0.2, -0.15) is 0 Å². The van der Waals surface area contributed by atoms with Gasteiger partial charge in [0.2, 0.25) is 0 Å². The quantitative estimate of drug-likeness (QED) is 0.488. The van der Waals surface area contributed by atoms with Crippen LogP contribution in [0.1, 0.15) is 27.2 Å². The number of ether oxygens (including phenoxy) is 1. The number of carbonyl (C=O) groups excluding carboxylic acids is 1. The van der Waals surface area contributed by atoms with Crippen molar-refractivity contribution in [2.24, 2.45) is 5.92 Å². The van der Waals surface area contributed by atoms with Crippen LogP contribution in [0.15, 0.2) is 0 Å². The minimum Gasteiger partial charge on any atom is -0.463 e. The molecule has 0 N–H and O–H groups in total. The third kappa shape index (κ3) is 6.17. The molecule has 0 heterocycles. The van der Waals surface area contributed by atoms with Crippen molar-refractivity contribution >= 4 is 17.6 Å². The molecule has 1 atom stereocenters. The van der Waals surface area contributed by atoms with Crippen molar-refractivity contribution in [2.45, 2.75) is 33.3 Å². The highest BCUT2D eigenvalue weighted by atomic mass is 35.5. The molecular weight excluding hydrogens is 164 g/mol. The van der Waals surface area contributed by atoms with Gasteiger partial charge < -0.3 is 4.74 Å². The molecule has 3 heteroatoms. The van der Waals surface area contributed by atoms with Crippen LogP contribution < -0.4 is 0 Å². The second-order valence-corrected chi connectivity index (χ2v) is 3.31. The largest absolute Gasteiger partial charge is 0.463 e. The molecule has 0 aromatic heterocycles. The number of hydrogen-bond donors (Lipinski definition) is 0. The summed E-state index contributed by atoms with van der Waals surface area (Å²) in [4.78, 5) is 10.9. The Morgan fingerprint density at radius 1 is 1.45 bits per heavy atom. The second-order valence-electron chi connectivity index (χ2n) is 3.00. The second kappa shape index (κ2) is 5.42. The molecule has 0 bridgehead atoms. The van der Waals surface area contributed by atoms with Gasteiger partial charge >= 0.3 is 5.97 Å². The zero-order valence-electron chi connectivity index (χ0n) is 7.26. The minimum atomic E-state index is -0.159. The third-order valence-corrected chi connectivity index (χ3v) is 1.67. The van der Waals surface area contributed by atoms with Crippen molar-refractivity contribution in [3.63, 3.8) is 0 Å². The molecule has 0 fully saturated rings. The number of alkyl halides is 1. The molecule has 0 aliphatic carbocycles. The lowest BCUT2D eigenvalue weighted by molar-refractivity contribution is -0.148. The van der Waals surface area contributed by atoms with E-state index in [-0.39, 0.29) is 18.0 Å². The molecule has 0 rings (SSSR count). The Morgan fingerprint density at radius 3 is 2.36 bits per heavy atom. The fourth-order valence-corrected chi connectivity index (χ4v) is 0.759. The molecule has 0 saturated heterocycles. The molecule has 11 heavy (non-hydrogen) atoms. The van der Waals surface area contributed by atoms with Crippen molar-refractivity contribution < 1.29 is 9.53 Å². The maximum absolute atomic E-state index is 10.9. The van der Waals surface area contributed by atoms with Crippen LogP contribution in [0.2, 0.25) is 0 Å². The maximum atomic E-state index is 10.9. The van der Waals surface area contributed by atoms with E-state index in [1.54, 1.807) is 0 Å². The van der Waals surface area contributed by atoms with Crippen molar-refractivity contribution in [3.05, 3.63) is 0 Å². The van der Waals surface area contributed by atoms with Crippen molar-refractivity contribution in [1.82, 2.24) is 0 Å². The normalized spacial score (nSPS) is 13.2. The summed E-state index contributed by atoms with van der Waals surface area (Å²) in [6, 6.07) is 0. The lowest BCUT2D eigenvalue weighted by Crippen LogP contribution is -2.14. The molecule has 0 aromatic carbocycles. The molecule has 0 spiro atoms. The minimum absolute atomic E-state index is 0.0231. The maximum Gasteiger partial charge on any atom is 0.306 e. The highest BCUT2D eigenvalue weighted by Crippen LogP contribution is 2.06. The number of esters is 1. The average molecular weight is 179 g/mol. The first kappa shape index (κ1) is 10.8. The summed E-state index contributed by atoms with van der Waals surface area (Å²) in [5.41, 5.74) is 0. The highest BCUT2D eigenvalue weighted by molar-refractivity contribution is 6.18. The first-order valence-corrected chi connectivity index (χ1v) is 4.35. The van der Waals surface area contributed by atoms with Crippen molar-refractivity contribution in [1.29, 1.82) is 0 Å². The first-order valence-electron chi connectivity index (χ1n) is 3.81. The smallest absolute Gasteiger partial charge is 0.306 e. The fraction of sp³-hybridized carbons (Fsp3) is 0.875. The van der Waals surface area contributed by atoms with Crippen LogP contribution in [0.4, 0.5) is 0 Å². The van der Waals surface area contributed by atoms with Crippen LogP contribution >= 0.6 is 11.6 Å². The van der Waals surface area contributed by atoms with Gasteiger partial charge in [0.1, 0.15) is 0 Å². The van der Waals surface area contributed by atoms with E-state index in [0.717, 1.165) is 0 Å². The summed E-state index contributed by atoms with van der Waals surface area (Å²) >= 11 is 5.52. The summed E-state index contributed by atoms with van der Waals surface area (Å²) in [7, 11) is 0. The third-order valence-electron chi connectivity index (χ3n) is 1.15. The van der Waals surface area contributed by atoms with Gasteiger partial charge in [-0.1, -0.05) is 6.92 Å². The monoisotopic (exact) mass is 178 g/mol. The number of carbonyl (C=O) groups is 1. The Balaban J connectivity index is 3.52. The van der Waals surface area contributed by atoms with Crippen LogP contribution in [0.25, 0.3) is 0 Å². The zero-order chi connectivity index (χ0) is 8.85. The van der Waals surface area contributed by atoms with Gasteiger partial charge in [-0.3, -0.25) is 4.79 Å². The van der Waals surface area contributed by atoms with Crippen LogP contribution in [-0.2, 0) is 9.53 Å². The summed E-state index contributed by atoms with van der Waals surface area (Å²) in [6.45, 7) is 5.60. The molecule has 0 aliphatic heterocycles. The summed E-state index contributed by atoms with van der Waals surface area (Å²) in [6.07, 6.45) is 0.395. The Kier molecular flexibility index (Phi) is 5.30. The van der Waals surface area contributed by atoms with Crippen LogP contribution in [-0.4, -0.2) is 18.0 Å². The Hall–Kier alpha value is -0.240. The van der Waals surface area contributed by atoms with Gasteiger partial charge in [-0.15, -0.1) is 11.6 Å². The van der Waals surface area contributed by atoms with E-state index in [9.17, 15) is 4.79 Å². The first-order chi connectivity index (χ1) is 5.06. The van der Waals surface area contributed by atoms with Gasteiger partial charge in [0, 0.05) is 12.3 Å². The Labute approximate surface area is 72.9 Å². The van der Waals surface area contributed by atoms with E-state index in [2.05, 4.69) is 0 Å². The fourth-order valence-electron chi connectivity index (χ4n) is 0.650. The van der Waals surface area contributed by atoms with E-state index in [0.29, 0.717) is 12.3 Å². The molecular formula is C8H15ClO2. The van der Waals surface area contributed by atoms with Crippen molar-refractivity contribution in [3.8, 4) is 0 Å². The predicted octanol–water partition coefficient (Wildman–Crippen LogP) is 2.20. The summed E-state index contributed by atoms with van der Waals surface area (Å²) in [5, 5.41) is 0. The van der Waals surface area contributed by atoms with Crippen molar-refractivity contribution in [2.75, 3.05) is 5.88 Å². The summed E-state index contributed by atoms with van der Waals surface area (Å²) in [5.74, 6) is 0.559. The summed E-state index contributed by atoms with van der Waals surface area (Å²) < 4.78 is 4.93. The van der Waals surface area contributed by atoms with E-state index in [1.165, 1.54) is 0 Å². The zero-order valence-corrected chi connectivity index (χ0v) is 8.02. The predicted molar refractivity (Wildman–Crippen MR) is 45.7 cm³/mol. The highest BCUT2D eigenvalue weighted by Gasteiger charge is 2.09. The topological polar surface area (TPSA) is 26.3 Å². The lowest BCUT2D eigenvalue weighted by atomic mass is 10.1. The lowest BCUT2D eigenvalue weighted by Gasteiger charge is -2.09. The van der Waals surface area contributed by atoms with E-state index >= 15 is 0 Å². The number of rotatable bonds is 4. The molecule has 1 unspecified atom stereocenters. The van der Waals surface area contributed by atoms with Crippen LogP contribution in [0.3, 0.4) is 0 Å². The Morgan fingerprint density at radius 2 is 2.00 bits per heavy atom. The number of halogens is 1. The van der Waals surface area contributed by atoms with Gasteiger partial charge in [0.15, 0.2) is 0 Å². The van der Waals surface area contributed by atoms with Crippen LogP contribution in [0, 0.1) is 5.92 Å². The SMILES string of the molecule is CC(CCl)CC(=O)OC(C)C. The van der Waals surface area contributed by atoms with E-state index in [1.807, 2.05) is 20.8 Å². The van der Waals surface area contributed by atoms with E-state index < -0.39 is 0 Å². The molecule has 66 valence electrons. The molecule has 0 aliphatic rings. The van der Waals surface area contributed by atoms with Gasteiger partial charge in [0.05, 0.1) is 6.10 Å². The molecule has 0 aromatic rings. The van der Waals surface area contributed by atoms with Gasteiger partial charge in [-0.05, 0) is 19.8 Å². The number of hydrogen-bond acceptors (Lipinski definition) is 2. The molecule has 0 amide bonds. The van der Waals surface area contributed by atoms with Gasteiger partial charge in [-0.25, -0.2) is 0 Å².